The van der Waals surface area contributed by atoms with Gasteiger partial charge in [-0.05, 0) is 84.0 Å². The fraction of sp³-hybridized carbons (Fsp3) is 0.275. The molecule has 0 saturated heterocycles. The summed E-state index contributed by atoms with van der Waals surface area (Å²) in [7, 11) is -4.10. The van der Waals surface area contributed by atoms with E-state index in [-0.39, 0.29) is 16.6 Å². The second-order valence-electron chi connectivity index (χ2n) is 13.8. The third-order valence-electron chi connectivity index (χ3n) is 9.80. The quantitative estimate of drug-likeness (QED) is 0.157. The van der Waals surface area contributed by atoms with Crippen molar-refractivity contribution in [1.29, 1.82) is 0 Å². The summed E-state index contributed by atoms with van der Waals surface area (Å²) in [5.74, 6) is -0.382. The van der Waals surface area contributed by atoms with E-state index < -0.39 is 10.1 Å². The molecule has 6 nitrogen and oxygen atoms in total. The van der Waals surface area contributed by atoms with Crippen LogP contribution in [0.25, 0.3) is 0 Å². The van der Waals surface area contributed by atoms with Gasteiger partial charge in [-0.15, -0.1) is 11.3 Å². The van der Waals surface area contributed by atoms with Crippen LogP contribution in [0.15, 0.2) is 129 Å². The molecule has 260 valence electrons. The molecule has 0 atom stereocenters. The molecule has 0 bridgehead atoms. The molecule has 50 heavy (non-hydrogen) atoms. The zero-order valence-corrected chi connectivity index (χ0v) is 33.5. The van der Waals surface area contributed by atoms with Crippen molar-refractivity contribution < 1.29 is 17.5 Å². The van der Waals surface area contributed by atoms with E-state index in [4.69, 9.17) is 0 Å². The van der Waals surface area contributed by atoms with Gasteiger partial charge in [-0.1, -0.05) is 94.3 Å². The molecule has 0 amide bonds. The van der Waals surface area contributed by atoms with Crippen LogP contribution in [-0.2, 0) is 33.2 Å². The van der Waals surface area contributed by atoms with Gasteiger partial charge < -0.3 is 10.2 Å². The molecular weight excluding hydrogens is 794 g/mol. The van der Waals surface area contributed by atoms with Crippen molar-refractivity contribution in [2.75, 3.05) is 4.90 Å². The lowest BCUT2D eigenvalue weighted by Crippen LogP contribution is -2.26. The number of halogens is 2. The molecule has 2 N–H and O–H groups in total. The van der Waals surface area contributed by atoms with Gasteiger partial charge in [-0.2, -0.15) is 13.0 Å². The van der Waals surface area contributed by atoms with Gasteiger partial charge in [0, 0.05) is 62.8 Å². The first-order valence-electron chi connectivity index (χ1n) is 16.6. The molecule has 1 aromatic heterocycles. The van der Waals surface area contributed by atoms with Crippen LogP contribution in [0.2, 0.25) is 0 Å². The number of allylic oxidation sites excluding steroid dienone is 7. The Bertz CT molecular complexity index is 2130. The molecule has 10 heteroatoms. The van der Waals surface area contributed by atoms with Crippen LogP contribution < -0.4 is 10.2 Å². The van der Waals surface area contributed by atoms with Crippen LogP contribution in [0.3, 0.4) is 0 Å². The number of fused-ring (bicyclic) bond motifs is 2. The number of hydrogen-bond donors (Lipinski definition) is 2. The van der Waals surface area contributed by atoms with E-state index in [0.717, 1.165) is 29.8 Å². The number of nitrogens with one attached hydrogen (secondary N) is 1. The topological polar surface area (TPSA) is 72.7 Å². The highest BCUT2D eigenvalue weighted by Crippen LogP contribution is 2.48. The number of nitrogens with zero attached hydrogens (tertiary/aromatic N) is 2. The molecule has 6 rings (SSSR count). The molecule has 3 aliphatic rings. The standard InChI is InChI=1S/C40H41Br2N3O3S2/c1-39(2)32-12-5-7-14-34(32)44(22-20-41)36(39)18-16-29-10-9-11-30(38(29)43-25-31-24-28(26-49-31)27-50(46,47)48)17-19-37-40(3,4)33-13-6-8-15-35(33)45(37)23-21-42/h5-8,12-24,26H,9-11,25,27H2,1-4H3,(H,46,47,48)/p+1/b22-20+,23-21+,29-16+,36-18+. The fourth-order valence-electron chi connectivity index (χ4n) is 7.40. The van der Waals surface area contributed by atoms with Crippen LogP contribution in [0.1, 0.15) is 68.5 Å². The lowest BCUT2D eigenvalue weighted by Gasteiger charge is -2.26. The van der Waals surface area contributed by atoms with Gasteiger partial charge in [0.05, 0.1) is 5.41 Å². The maximum absolute atomic E-state index is 11.5. The lowest BCUT2D eigenvalue weighted by molar-refractivity contribution is -0.356. The van der Waals surface area contributed by atoms with Gasteiger partial charge in [0.25, 0.3) is 10.1 Å². The van der Waals surface area contributed by atoms with E-state index >= 15 is 0 Å². The molecule has 1 aliphatic carbocycles. The number of para-hydroxylation sites is 2. The molecule has 3 heterocycles. The van der Waals surface area contributed by atoms with E-state index in [1.807, 2.05) is 16.0 Å². The summed E-state index contributed by atoms with van der Waals surface area (Å²) in [6, 6.07) is 19.0. The van der Waals surface area contributed by atoms with Crippen molar-refractivity contribution in [3.05, 3.63) is 151 Å². The number of rotatable bonds is 10. The molecule has 0 spiro atoms. The highest BCUT2D eigenvalue weighted by Gasteiger charge is 2.44. The van der Waals surface area contributed by atoms with Gasteiger partial charge in [0.1, 0.15) is 5.75 Å². The van der Waals surface area contributed by atoms with Gasteiger partial charge >= 0.3 is 0 Å². The van der Waals surface area contributed by atoms with E-state index in [9.17, 15) is 13.0 Å². The van der Waals surface area contributed by atoms with Crippen molar-refractivity contribution in [3.63, 3.8) is 0 Å². The van der Waals surface area contributed by atoms with Gasteiger partial charge in [0.15, 0.2) is 11.9 Å². The molecule has 3 aromatic rings. The Balaban J connectivity index is 1.42. The maximum Gasteiger partial charge on any atom is 0.269 e. The fourth-order valence-corrected chi connectivity index (χ4v) is 9.39. The van der Waals surface area contributed by atoms with E-state index in [2.05, 4.69) is 160 Å². The number of thiophene rings is 1. The summed E-state index contributed by atoms with van der Waals surface area (Å²) < 4.78 is 34.7. The van der Waals surface area contributed by atoms with Crippen LogP contribution >= 0.6 is 43.2 Å². The maximum atomic E-state index is 11.5. The Labute approximate surface area is 317 Å². The molecule has 2 aliphatic heterocycles. The van der Waals surface area contributed by atoms with Crippen molar-refractivity contribution in [2.24, 2.45) is 0 Å². The summed E-state index contributed by atoms with van der Waals surface area (Å²) >= 11 is 8.51. The Morgan fingerprint density at radius 2 is 1.70 bits per heavy atom. The van der Waals surface area contributed by atoms with Crippen molar-refractivity contribution >= 4 is 70.4 Å². The number of benzene rings is 2. The second-order valence-corrected chi connectivity index (χ2v) is 17.3. The molecule has 0 fully saturated rings. The van der Waals surface area contributed by atoms with Gasteiger partial charge in [0.2, 0.25) is 5.69 Å². The first-order chi connectivity index (χ1) is 23.8. The summed E-state index contributed by atoms with van der Waals surface area (Å²) in [6.07, 6.45) is 16.1. The van der Waals surface area contributed by atoms with Crippen molar-refractivity contribution in [1.82, 2.24) is 5.32 Å². The molecule has 0 saturated carbocycles. The zero-order chi connectivity index (χ0) is 35.7. The first kappa shape index (κ1) is 36.5. The predicted molar refractivity (Wildman–Crippen MR) is 215 cm³/mol. The number of hydrogen-bond acceptors (Lipinski definition) is 5. The number of anilines is 1. The minimum absolute atomic E-state index is 0.193. The summed E-state index contributed by atoms with van der Waals surface area (Å²) in [5.41, 5.74) is 11.1. The largest absolute Gasteiger partial charge is 0.380 e. The molecule has 0 radical (unpaired) electrons. The normalized spacial score (nSPS) is 20.3. The van der Waals surface area contributed by atoms with Crippen LogP contribution in [0.5, 0.6) is 0 Å². The van der Waals surface area contributed by atoms with E-state index in [1.165, 1.54) is 56.4 Å². The predicted octanol–water partition coefficient (Wildman–Crippen LogP) is 10.6. The highest BCUT2D eigenvalue weighted by atomic mass is 79.9. The average Bonchev–Trinajstić information content (AvgIpc) is 3.67. The Kier molecular flexibility index (Phi) is 10.8. The third kappa shape index (κ3) is 7.37. The van der Waals surface area contributed by atoms with E-state index in [0.29, 0.717) is 12.1 Å². The van der Waals surface area contributed by atoms with Gasteiger partial charge in [-0.3, -0.25) is 4.55 Å². The zero-order valence-electron chi connectivity index (χ0n) is 28.7. The second kappa shape index (κ2) is 14.8. The average molecular weight is 837 g/mol. The lowest BCUT2D eigenvalue weighted by atomic mass is 9.81. The highest BCUT2D eigenvalue weighted by molar-refractivity contribution is 9.11. The van der Waals surface area contributed by atoms with Crippen LogP contribution in [-0.4, -0.2) is 23.3 Å². The van der Waals surface area contributed by atoms with Crippen molar-refractivity contribution in [2.45, 2.75) is 70.1 Å². The summed E-state index contributed by atoms with van der Waals surface area (Å²) in [5, 5.41) is 5.57. The third-order valence-corrected chi connectivity index (χ3v) is 12.0. The molecule has 0 unspecified atom stereocenters. The minimum atomic E-state index is -4.10. The molecular formula is C40H42Br2N3O3S2+. The molecule has 2 aromatic carbocycles. The van der Waals surface area contributed by atoms with E-state index in [1.54, 1.807) is 5.38 Å². The first-order valence-corrected chi connectivity index (χ1v) is 20.9. The van der Waals surface area contributed by atoms with Crippen LogP contribution in [0, 0.1) is 0 Å². The minimum Gasteiger partial charge on any atom is -0.380 e. The Morgan fingerprint density at radius 3 is 2.44 bits per heavy atom. The SMILES string of the molecule is CC1(C)C(/C=C/C2=C(NCc3cc(CS(=O)(=O)O)cs3)C(=C/C=C3/N(/C=C/Br)c4ccccc4C3(C)C)/CCC2)=[N+](/C=C/Br)c2ccccc21. The Morgan fingerprint density at radius 1 is 0.960 bits per heavy atom. The van der Waals surface area contributed by atoms with Crippen LogP contribution in [0.4, 0.5) is 11.4 Å². The van der Waals surface area contributed by atoms with Gasteiger partial charge in [-0.25, -0.2) is 0 Å². The monoisotopic (exact) mass is 834 g/mol. The van der Waals surface area contributed by atoms with Crippen molar-refractivity contribution in [3.8, 4) is 0 Å². The Hall–Kier alpha value is -3.28. The summed E-state index contributed by atoms with van der Waals surface area (Å²) in [4.78, 5) is 7.05. The smallest absolute Gasteiger partial charge is 0.269 e. The summed E-state index contributed by atoms with van der Waals surface area (Å²) in [6.45, 7) is 9.63.